The molecule has 0 saturated carbocycles. The Bertz CT molecular complexity index is 687. The van der Waals surface area contributed by atoms with E-state index < -0.39 is 0 Å². The first-order valence-electron chi connectivity index (χ1n) is 7.30. The lowest BCUT2D eigenvalue weighted by Gasteiger charge is -2.24. The number of hydrogen-bond donors (Lipinski definition) is 2. The van der Waals surface area contributed by atoms with Crippen molar-refractivity contribution in [3.8, 4) is 0 Å². The molecule has 0 amide bonds. The van der Waals surface area contributed by atoms with Crippen LogP contribution in [0.5, 0.6) is 0 Å². The molecule has 1 aromatic carbocycles. The van der Waals surface area contributed by atoms with E-state index in [2.05, 4.69) is 4.98 Å². The second kappa shape index (κ2) is 5.37. The fourth-order valence-electron chi connectivity index (χ4n) is 3.12. The van der Waals surface area contributed by atoms with Gasteiger partial charge in [0.1, 0.15) is 12.4 Å². The van der Waals surface area contributed by atoms with Crippen molar-refractivity contribution in [2.75, 3.05) is 13.1 Å². The van der Waals surface area contributed by atoms with E-state index in [-0.39, 0.29) is 11.2 Å². The monoisotopic (exact) mass is 275 g/mol. The highest BCUT2D eigenvalue weighted by molar-refractivity contribution is 5.79. The molecular formula is C16H20FN2O+. The number of pyridine rings is 1. The molecule has 4 heteroatoms. The predicted octanol–water partition coefficient (Wildman–Crippen LogP) is 1.54. The van der Waals surface area contributed by atoms with Crippen LogP contribution in [-0.2, 0) is 6.54 Å². The Morgan fingerprint density at radius 3 is 2.75 bits per heavy atom. The molecule has 20 heavy (non-hydrogen) atoms. The van der Waals surface area contributed by atoms with Gasteiger partial charge in [-0.1, -0.05) is 0 Å². The van der Waals surface area contributed by atoms with E-state index in [4.69, 9.17) is 0 Å². The third-order valence-electron chi connectivity index (χ3n) is 4.26. The molecule has 2 N–H and O–H groups in total. The van der Waals surface area contributed by atoms with Gasteiger partial charge < -0.3 is 9.88 Å². The lowest BCUT2D eigenvalue weighted by Crippen LogP contribution is -3.11. The number of aromatic nitrogens is 1. The number of fused-ring (bicyclic) bond motifs is 1. The molecule has 2 heterocycles. The topological polar surface area (TPSA) is 37.3 Å². The van der Waals surface area contributed by atoms with Crippen LogP contribution in [0, 0.1) is 12.7 Å². The number of piperidine rings is 1. The third-order valence-corrected chi connectivity index (χ3v) is 4.26. The van der Waals surface area contributed by atoms with E-state index in [0.29, 0.717) is 10.9 Å². The average Bonchev–Trinajstić information content (AvgIpc) is 2.46. The fraction of sp³-hybridized carbons (Fsp3) is 0.438. The molecule has 1 aromatic heterocycles. The van der Waals surface area contributed by atoms with Gasteiger partial charge in [-0.2, -0.15) is 0 Å². The summed E-state index contributed by atoms with van der Waals surface area (Å²) in [6.45, 7) is 4.93. The molecule has 1 aliphatic rings. The van der Waals surface area contributed by atoms with Crippen molar-refractivity contribution in [2.24, 2.45) is 0 Å². The van der Waals surface area contributed by atoms with Gasteiger partial charge >= 0.3 is 0 Å². The van der Waals surface area contributed by atoms with Crippen LogP contribution in [0.3, 0.4) is 0 Å². The van der Waals surface area contributed by atoms with Crippen LogP contribution in [0.1, 0.15) is 30.5 Å². The maximum Gasteiger partial charge on any atom is 0.198 e. The second-order valence-corrected chi connectivity index (χ2v) is 5.74. The van der Waals surface area contributed by atoms with Crippen molar-refractivity contribution < 1.29 is 9.29 Å². The largest absolute Gasteiger partial charge is 0.358 e. The number of aryl methyl sites for hydroxylation is 1. The molecule has 1 aliphatic heterocycles. The number of halogens is 1. The Morgan fingerprint density at radius 2 is 2.00 bits per heavy atom. The van der Waals surface area contributed by atoms with Crippen LogP contribution in [0.25, 0.3) is 10.9 Å². The van der Waals surface area contributed by atoms with E-state index >= 15 is 0 Å². The Labute approximate surface area is 117 Å². The summed E-state index contributed by atoms with van der Waals surface area (Å²) in [5.41, 5.74) is 2.41. The minimum atomic E-state index is -0.358. The first-order valence-corrected chi connectivity index (χ1v) is 7.30. The molecule has 3 nitrogen and oxygen atoms in total. The van der Waals surface area contributed by atoms with Gasteiger partial charge in [0.15, 0.2) is 5.43 Å². The number of quaternary nitrogens is 1. The van der Waals surface area contributed by atoms with Crippen molar-refractivity contribution in [3.05, 3.63) is 45.5 Å². The minimum Gasteiger partial charge on any atom is -0.358 e. The first kappa shape index (κ1) is 13.3. The Hall–Kier alpha value is -1.68. The van der Waals surface area contributed by atoms with Gasteiger partial charge in [0, 0.05) is 16.6 Å². The number of likely N-dealkylation sites (tertiary alicyclic amines) is 1. The van der Waals surface area contributed by atoms with E-state index in [1.165, 1.54) is 36.3 Å². The maximum absolute atomic E-state index is 13.3. The zero-order chi connectivity index (χ0) is 14.1. The number of nitrogens with one attached hydrogen (secondary N) is 2. The fourth-order valence-corrected chi connectivity index (χ4v) is 3.12. The van der Waals surface area contributed by atoms with Crippen molar-refractivity contribution in [2.45, 2.75) is 32.7 Å². The minimum absolute atomic E-state index is 0.0196. The van der Waals surface area contributed by atoms with Crippen LogP contribution in [0.2, 0.25) is 0 Å². The molecule has 1 saturated heterocycles. The van der Waals surface area contributed by atoms with Gasteiger partial charge in [-0.25, -0.2) is 4.39 Å². The first-order chi connectivity index (χ1) is 9.65. The molecule has 106 valence electrons. The van der Waals surface area contributed by atoms with Crippen LogP contribution in [-0.4, -0.2) is 18.1 Å². The number of rotatable bonds is 2. The SMILES string of the molecule is Cc1[nH]c2ccc(F)cc2c(=O)c1C[NH+]1CCCCC1. The Kier molecular flexibility index (Phi) is 3.57. The molecule has 0 spiro atoms. The Morgan fingerprint density at radius 1 is 1.25 bits per heavy atom. The highest BCUT2D eigenvalue weighted by atomic mass is 19.1. The summed E-state index contributed by atoms with van der Waals surface area (Å²) in [7, 11) is 0. The molecule has 1 fully saturated rings. The number of H-pyrrole nitrogens is 1. The van der Waals surface area contributed by atoms with Crippen LogP contribution in [0.4, 0.5) is 4.39 Å². The molecular weight excluding hydrogens is 255 g/mol. The van der Waals surface area contributed by atoms with E-state index in [1.54, 1.807) is 6.07 Å². The summed E-state index contributed by atoms with van der Waals surface area (Å²) < 4.78 is 13.3. The summed E-state index contributed by atoms with van der Waals surface area (Å²) in [5, 5.41) is 0.460. The predicted molar refractivity (Wildman–Crippen MR) is 77.5 cm³/mol. The van der Waals surface area contributed by atoms with Crippen molar-refractivity contribution >= 4 is 10.9 Å². The van der Waals surface area contributed by atoms with Gasteiger partial charge in [0.25, 0.3) is 0 Å². The molecule has 0 radical (unpaired) electrons. The second-order valence-electron chi connectivity index (χ2n) is 5.74. The molecule has 2 aromatic rings. The Balaban J connectivity index is 2.03. The quantitative estimate of drug-likeness (QED) is 0.857. The zero-order valence-corrected chi connectivity index (χ0v) is 11.8. The zero-order valence-electron chi connectivity index (χ0n) is 11.8. The van der Waals surface area contributed by atoms with Gasteiger partial charge in [-0.05, 0) is 44.4 Å². The highest BCUT2D eigenvalue weighted by Crippen LogP contribution is 2.12. The third kappa shape index (κ3) is 2.48. The van der Waals surface area contributed by atoms with E-state index in [1.807, 2.05) is 6.92 Å². The van der Waals surface area contributed by atoms with E-state index in [9.17, 15) is 9.18 Å². The van der Waals surface area contributed by atoms with Crippen LogP contribution < -0.4 is 10.3 Å². The van der Waals surface area contributed by atoms with Crippen LogP contribution in [0.15, 0.2) is 23.0 Å². The van der Waals surface area contributed by atoms with E-state index in [0.717, 1.165) is 30.9 Å². The summed E-state index contributed by atoms with van der Waals surface area (Å²) in [6, 6.07) is 4.35. The van der Waals surface area contributed by atoms with Crippen LogP contribution >= 0.6 is 0 Å². The maximum atomic E-state index is 13.3. The molecule has 3 rings (SSSR count). The van der Waals surface area contributed by atoms with Gasteiger partial charge in [-0.3, -0.25) is 4.79 Å². The molecule has 0 unspecified atom stereocenters. The van der Waals surface area contributed by atoms with Crippen molar-refractivity contribution in [1.29, 1.82) is 0 Å². The summed E-state index contributed by atoms with van der Waals surface area (Å²) in [4.78, 5) is 17.3. The highest BCUT2D eigenvalue weighted by Gasteiger charge is 2.18. The lowest BCUT2D eigenvalue weighted by molar-refractivity contribution is -0.918. The standard InChI is InChI=1S/C16H19FN2O/c1-11-14(10-19-7-3-2-4-8-19)16(20)13-9-12(17)5-6-15(13)18-11/h5-6,9H,2-4,7-8,10H2,1H3,(H,18,20)/p+1. The van der Waals surface area contributed by atoms with Crippen molar-refractivity contribution in [1.82, 2.24) is 4.98 Å². The van der Waals surface area contributed by atoms with Gasteiger partial charge in [0.2, 0.25) is 0 Å². The van der Waals surface area contributed by atoms with Gasteiger partial charge in [-0.15, -0.1) is 0 Å². The van der Waals surface area contributed by atoms with Gasteiger partial charge in [0.05, 0.1) is 18.7 Å². The average molecular weight is 275 g/mol. The lowest BCUT2D eigenvalue weighted by atomic mass is 10.1. The smallest absolute Gasteiger partial charge is 0.198 e. The number of aromatic amines is 1. The summed E-state index contributed by atoms with van der Waals surface area (Å²) in [5.74, 6) is -0.358. The summed E-state index contributed by atoms with van der Waals surface area (Å²) >= 11 is 0. The molecule has 0 bridgehead atoms. The van der Waals surface area contributed by atoms with Crippen molar-refractivity contribution in [3.63, 3.8) is 0 Å². The summed E-state index contributed by atoms with van der Waals surface area (Å²) in [6.07, 6.45) is 3.75. The number of benzene rings is 1. The molecule has 0 aliphatic carbocycles. The molecule has 0 atom stereocenters. The normalized spacial score (nSPS) is 16.7. The number of hydrogen-bond acceptors (Lipinski definition) is 1.